The van der Waals surface area contributed by atoms with Crippen LogP contribution in [0.15, 0.2) is 83.4 Å². The first-order chi connectivity index (χ1) is 15.5. The zero-order valence-electron chi connectivity index (χ0n) is 16.6. The molecular weight excluding hydrogens is 467 g/mol. The van der Waals surface area contributed by atoms with Crippen molar-refractivity contribution in [2.75, 3.05) is 0 Å². The van der Waals surface area contributed by atoms with Gasteiger partial charge in [0.2, 0.25) is 11.7 Å². The molecule has 5 aromatic rings. The Balaban J connectivity index is 1.60. The molecule has 0 N–H and O–H groups in total. The maximum Gasteiger partial charge on any atom is 0.233 e. The molecule has 32 heavy (non-hydrogen) atoms. The number of aromatic nitrogens is 2. The molecule has 0 aliphatic heterocycles. The quantitative estimate of drug-likeness (QED) is 0.244. The molecule has 0 fully saturated rings. The zero-order valence-corrected chi connectivity index (χ0v) is 18.8. The molecule has 0 aliphatic rings. The summed E-state index contributed by atoms with van der Waals surface area (Å²) in [5.41, 5.74) is 2.90. The van der Waals surface area contributed by atoms with Gasteiger partial charge in [-0.3, -0.25) is 4.79 Å². The summed E-state index contributed by atoms with van der Waals surface area (Å²) in [6.07, 6.45) is 1.42. The number of rotatable bonds is 5. The molecular formula is C25H15Cl3N2O2. The summed E-state index contributed by atoms with van der Waals surface area (Å²) in [6, 6.07) is 22.2. The van der Waals surface area contributed by atoms with Gasteiger partial charge in [0, 0.05) is 27.5 Å². The van der Waals surface area contributed by atoms with Crippen LogP contribution in [0, 0.1) is 0 Å². The molecule has 3 aromatic carbocycles. The number of hydrogen-bond donors (Lipinski definition) is 0. The zero-order chi connectivity index (χ0) is 22.2. The first-order valence-corrected chi connectivity index (χ1v) is 10.9. The second-order valence-electron chi connectivity index (χ2n) is 7.26. The van der Waals surface area contributed by atoms with E-state index < -0.39 is 0 Å². The van der Waals surface area contributed by atoms with Crippen molar-refractivity contribution in [1.29, 1.82) is 0 Å². The predicted molar refractivity (Wildman–Crippen MR) is 128 cm³/mol. The Morgan fingerprint density at radius 2 is 1.62 bits per heavy atom. The van der Waals surface area contributed by atoms with Crippen molar-refractivity contribution in [1.82, 2.24) is 9.55 Å². The molecule has 0 saturated heterocycles. The van der Waals surface area contributed by atoms with Gasteiger partial charge in [-0.25, -0.2) is 4.98 Å². The summed E-state index contributed by atoms with van der Waals surface area (Å²) in [6.45, 7) is 0.465. The first kappa shape index (κ1) is 20.8. The maximum absolute atomic E-state index is 13.5. The van der Waals surface area contributed by atoms with Gasteiger partial charge >= 0.3 is 0 Å². The number of halogens is 3. The van der Waals surface area contributed by atoms with Gasteiger partial charge in [-0.15, -0.1) is 0 Å². The van der Waals surface area contributed by atoms with E-state index in [1.807, 2.05) is 65.2 Å². The fraction of sp³-hybridized carbons (Fsp3) is 0.0400. The number of fused-ring (bicyclic) bond motifs is 1. The van der Waals surface area contributed by atoms with Crippen molar-refractivity contribution >= 4 is 51.5 Å². The van der Waals surface area contributed by atoms with Crippen molar-refractivity contribution in [3.05, 3.63) is 111 Å². The van der Waals surface area contributed by atoms with Crippen LogP contribution in [0.1, 0.15) is 21.7 Å². The Morgan fingerprint density at radius 3 is 2.38 bits per heavy atom. The molecule has 2 aromatic heterocycles. The van der Waals surface area contributed by atoms with E-state index in [2.05, 4.69) is 4.98 Å². The third-order valence-electron chi connectivity index (χ3n) is 5.19. The highest BCUT2D eigenvalue weighted by Gasteiger charge is 2.26. The highest BCUT2D eigenvalue weighted by atomic mass is 35.5. The topological polar surface area (TPSA) is 48.0 Å². The molecule has 7 heteroatoms. The standard InChI is InChI=1S/C25H15Cl3N2O2/c26-17-8-6-15(7-9-17)14-30-20-11-10-18(27)12-19(20)22(24(30)28)23(31)21-13-29-25(32-21)16-4-2-1-3-5-16/h1-13H,14H2. The largest absolute Gasteiger partial charge is 0.433 e. The summed E-state index contributed by atoms with van der Waals surface area (Å²) in [4.78, 5) is 17.7. The molecule has 158 valence electrons. The van der Waals surface area contributed by atoms with Crippen LogP contribution in [-0.4, -0.2) is 15.3 Å². The summed E-state index contributed by atoms with van der Waals surface area (Å²) < 4.78 is 7.66. The van der Waals surface area contributed by atoms with E-state index in [4.69, 9.17) is 39.2 Å². The molecule has 0 unspecified atom stereocenters. The molecule has 0 bridgehead atoms. The van der Waals surface area contributed by atoms with Gasteiger partial charge in [0.05, 0.1) is 17.3 Å². The molecule has 5 rings (SSSR count). The average Bonchev–Trinajstić information content (AvgIpc) is 3.39. The van der Waals surface area contributed by atoms with Crippen LogP contribution in [0.3, 0.4) is 0 Å². The van der Waals surface area contributed by atoms with Crippen LogP contribution in [-0.2, 0) is 6.54 Å². The molecule has 0 amide bonds. The Bertz CT molecular complexity index is 1440. The Morgan fingerprint density at radius 1 is 0.906 bits per heavy atom. The molecule has 0 saturated carbocycles. The lowest BCUT2D eigenvalue weighted by atomic mass is 10.1. The minimum atomic E-state index is -0.355. The lowest BCUT2D eigenvalue weighted by molar-refractivity contribution is 0.101. The molecule has 0 radical (unpaired) electrons. The van der Waals surface area contributed by atoms with Gasteiger partial charge in [-0.05, 0) is 48.0 Å². The van der Waals surface area contributed by atoms with Gasteiger partial charge < -0.3 is 8.98 Å². The van der Waals surface area contributed by atoms with Gasteiger partial charge in [0.25, 0.3) is 0 Å². The summed E-state index contributed by atoms with van der Waals surface area (Å²) in [5.74, 6) is 0.121. The van der Waals surface area contributed by atoms with Crippen LogP contribution < -0.4 is 0 Å². The summed E-state index contributed by atoms with van der Waals surface area (Å²) in [7, 11) is 0. The Kier molecular flexibility index (Phi) is 5.51. The van der Waals surface area contributed by atoms with Gasteiger partial charge in [0.1, 0.15) is 5.15 Å². The Labute approximate surface area is 199 Å². The molecule has 2 heterocycles. The van der Waals surface area contributed by atoms with Gasteiger partial charge in [-0.1, -0.05) is 65.1 Å². The van der Waals surface area contributed by atoms with Crippen LogP contribution in [0.4, 0.5) is 0 Å². The second kappa shape index (κ2) is 8.47. The van der Waals surface area contributed by atoms with Crippen LogP contribution in [0.5, 0.6) is 0 Å². The number of benzene rings is 3. The number of hydrogen-bond acceptors (Lipinski definition) is 3. The third-order valence-corrected chi connectivity index (χ3v) is 6.07. The van der Waals surface area contributed by atoms with Crippen molar-refractivity contribution < 1.29 is 9.21 Å². The summed E-state index contributed by atoms with van der Waals surface area (Å²) in [5, 5.41) is 2.12. The van der Waals surface area contributed by atoms with E-state index in [1.54, 1.807) is 12.1 Å². The summed E-state index contributed by atoms with van der Waals surface area (Å²) >= 11 is 19.0. The van der Waals surface area contributed by atoms with E-state index in [0.29, 0.717) is 38.6 Å². The van der Waals surface area contributed by atoms with Gasteiger partial charge in [-0.2, -0.15) is 0 Å². The number of oxazole rings is 1. The van der Waals surface area contributed by atoms with E-state index >= 15 is 0 Å². The van der Waals surface area contributed by atoms with E-state index in [0.717, 1.165) is 16.6 Å². The van der Waals surface area contributed by atoms with Gasteiger partial charge in [0.15, 0.2) is 5.76 Å². The minimum Gasteiger partial charge on any atom is -0.433 e. The average molecular weight is 482 g/mol. The predicted octanol–water partition coefficient (Wildman–Crippen LogP) is 7.54. The highest BCUT2D eigenvalue weighted by molar-refractivity contribution is 6.37. The SMILES string of the molecule is O=C(c1cnc(-c2ccccc2)o1)c1c(Cl)n(Cc2ccc(Cl)cc2)c2ccc(Cl)cc12. The smallest absolute Gasteiger partial charge is 0.233 e. The van der Waals surface area contributed by atoms with Crippen LogP contribution in [0.25, 0.3) is 22.4 Å². The monoisotopic (exact) mass is 480 g/mol. The van der Waals surface area contributed by atoms with E-state index in [-0.39, 0.29) is 11.5 Å². The Hall–Kier alpha value is -3.05. The highest BCUT2D eigenvalue weighted by Crippen LogP contribution is 2.35. The molecule has 0 spiro atoms. The molecule has 0 aliphatic carbocycles. The number of carbonyl (C=O) groups is 1. The minimum absolute atomic E-state index is 0.108. The number of ketones is 1. The van der Waals surface area contributed by atoms with Crippen LogP contribution >= 0.6 is 34.8 Å². The molecule has 4 nitrogen and oxygen atoms in total. The van der Waals surface area contributed by atoms with Crippen molar-refractivity contribution in [3.63, 3.8) is 0 Å². The first-order valence-electron chi connectivity index (χ1n) is 9.79. The fourth-order valence-electron chi connectivity index (χ4n) is 3.66. The second-order valence-corrected chi connectivity index (χ2v) is 8.50. The maximum atomic E-state index is 13.5. The van der Waals surface area contributed by atoms with E-state index in [9.17, 15) is 4.79 Å². The number of nitrogens with zero attached hydrogens (tertiary/aromatic N) is 2. The number of carbonyl (C=O) groups excluding carboxylic acids is 1. The molecule has 0 atom stereocenters. The van der Waals surface area contributed by atoms with Crippen molar-refractivity contribution in [2.45, 2.75) is 6.54 Å². The van der Waals surface area contributed by atoms with Crippen molar-refractivity contribution in [3.8, 4) is 11.5 Å². The lowest BCUT2D eigenvalue weighted by Crippen LogP contribution is -2.03. The third kappa shape index (κ3) is 3.82. The lowest BCUT2D eigenvalue weighted by Gasteiger charge is -2.08. The van der Waals surface area contributed by atoms with E-state index in [1.165, 1.54) is 6.20 Å². The van der Waals surface area contributed by atoms with Crippen molar-refractivity contribution in [2.24, 2.45) is 0 Å². The van der Waals surface area contributed by atoms with Crippen LogP contribution in [0.2, 0.25) is 15.2 Å². The normalized spacial score (nSPS) is 11.2. The fourth-order valence-corrected chi connectivity index (χ4v) is 4.29.